The zero-order chi connectivity index (χ0) is 14.2. The Morgan fingerprint density at radius 3 is 2.68 bits per heavy atom. The standard InChI is InChI=1S/C13H15NO5/c1-13(2)12(18)14(5-6-15)9-7-8(11(16)17)3-4-10(9)19-13/h3-4,7,15H,5-6H2,1-2H3,(H,16,17). The van der Waals surface area contributed by atoms with Crippen LogP contribution in [0, 0.1) is 0 Å². The van der Waals surface area contributed by atoms with Crippen LogP contribution in [0.3, 0.4) is 0 Å². The minimum absolute atomic E-state index is 0.0674. The zero-order valence-electron chi connectivity index (χ0n) is 10.7. The number of carboxylic acid groups (broad SMARTS) is 1. The third-order valence-electron chi connectivity index (χ3n) is 2.95. The molecular formula is C13H15NO5. The number of benzene rings is 1. The number of aromatic carboxylic acids is 1. The van der Waals surface area contributed by atoms with Crippen LogP contribution in [-0.2, 0) is 4.79 Å². The Bertz CT molecular complexity index is 538. The molecule has 0 bridgehead atoms. The first-order valence-corrected chi connectivity index (χ1v) is 5.86. The minimum atomic E-state index is -1.08. The lowest BCUT2D eigenvalue weighted by atomic mass is 10.0. The maximum atomic E-state index is 12.2. The monoisotopic (exact) mass is 265 g/mol. The van der Waals surface area contributed by atoms with Gasteiger partial charge in [0.2, 0.25) is 0 Å². The summed E-state index contributed by atoms with van der Waals surface area (Å²) in [6.07, 6.45) is 0. The first-order valence-electron chi connectivity index (χ1n) is 5.86. The molecule has 2 N–H and O–H groups in total. The largest absolute Gasteiger partial charge is 0.478 e. The molecule has 0 unspecified atom stereocenters. The summed E-state index contributed by atoms with van der Waals surface area (Å²) in [5, 5.41) is 18.0. The van der Waals surface area contributed by atoms with E-state index in [9.17, 15) is 9.59 Å². The zero-order valence-corrected chi connectivity index (χ0v) is 10.7. The van der Waals surface area contributed by atoms with Gasteiger partial charge >= 0.3 is 5.97 Å². The highest BCUT2D eigenvalue weighted by Crippen LogP contribution is 2.38. The van der Waals surface area contributed by atoms with Gasteiger partial charge in [0.15, 0.2) is 5.60 Å². The minimum Gasteiger partial charge on any atom is -0.478 e. The molecule has 19 heavy (non-hydrogen) atoms. The summed E-state index contributed by atoms with van der Waals surface area (Å²) in [6, 6.07) is 4.32. The Balaban J connectivity index is 2.53. The fourth-order valence-electron chi connectivity index (χ4n) is 2.02. The van der Waals surface area contributed by atoms with Gasteiger partial charge in [0.25, 0.3) is 5.91 Å². The van der Waals surface area contributed by atoms with E-state index in [4.69, 9.17) is 14.9 Å². The molecule has 1 aliphatic heterocycles. The molecule has 102 valence electrons. The number of aliphatic hydroxyl groups excluding tert-OH is 1. The summed E-state index contributed by atoms with van der Waals surface area (Å²) in [5.41, 5.74) is -0.594. The lowest BCUT2D eigenvalue weighted by molar-refractivity contribution is -0.132. The number of nitrogens with zero attached hydrogens (tertiary/aromatic N) is 1. The molecule has 1 aromatic carbocycles. The first kappa shape index (κ1) is 13.4. The molecular weight excluding hydrogens is 250 g/mol. The van der Waals surface area contributed by atoms with Crippen molar-refractivity contribution in [3.63, 3.8) is 0 Å². The molecule has 0 aliphatic carbocycles. The van der Waals surface area contributed by atoms with Crippen molar-refractivity contribution in [2.24, 2.45) is 0 Å². The number of carbonyl (C=O) groups excluding carboxylic acids is 1. The fourth-order valence-corrected chi connectivity index (χ4v) is 2.02. The van der Waals surface area contributed by atoms with Crippen LogP contribution in [0.25, 0.3) is 0 Å². The number of carboxylic acids is 1. The molecule has 0 atom stereocenters. The fraction of sp³-hybridized carbons (Fsp3) is 0.385. The lowest BCUT2D eigenvalue weighted by Crippen LogP contribution is -2.53. The van der Waals surface area contributed by atoms with Crippen LogP contribution in [0.1, 0.15) is 24.2 Å². The van der Waals surface area contributed by atoms with Crippen molar-refractivity contribution < 1.29 is 24.5 Å². The molecule has 1 aromatic rings. The van der Waals surface area contributed by atoms with Crippen LogP contribution in [0.2, 0.25) is 0 Å². The Hall–Kier alpha value is -2.08. The van der Waals surface area contributed by atoms with E-state index in [0.717, 1.165) is 0 Å². The van der Waals surface area contributed by atoms with E-state index < -0.39 is 11.6 Å². The number of carbonyl (C=O) groups is 2. The highest BCUT2D eigenvalue weighted by Gasteiger charge is 2.40. The predicted octanol–water partition coefficient (Wildman–Crippen LogP) is 0.881. The number of ether oxygens (including phenoxy) is 1. The Labute approximate surface area is 110 Å². The maximum Gasteiger partial charge on any atom is 0.335 e. The van der Waals surface area contributed by atoms with Crippen LogP contribution in [0.15, 0.2) is 18.2 Å². The van der Waals surface area contributed by atoms with Crippen LogP contribution in [-0.4, -0.2) is 40.8 Å². The average molecular weight is 265 g/mol. The van der Waals surface area contributed by atoms with E-state index in [1.807, 2.05) is 0 Å². The molecule has 0 radical (unpaired) electrons. The second kappa shape index (κ2) is 4.55. The van der Waals surface area contributed by atoms with Crippen LogP contribution >= 0.6 is 0 Å². The van der Waals surface area contributed by atoms with E-state index >= 15 is 0 Å². The second-order valence-corrected chi connectivity index (χ2v) is 4.78. The molecule has 1 amide bonds. The topological polar surface area (TPSA) is 87.1 Å². The number of aliphatic hydroxyl groups is 1. The highest BCUT2D eigenvalue weighted by atomic mass is 16.5. The van der Waals surface area contributed by atoms with Crippen LogP contribution in [0.5, 0.6) is 5.75 Å². The van der Waals surface area contributed by atoms with E-state index in [1.165, 1.54) is 23.1 Å². The number of anilines is 1. The third-order valence-corrected chi connectivity index (χ3v) is 2.95. The molecule has 0 fully saturated rings. The number of rotatable bonds is 3. The van der Waals surface area contributed by atoms with Crippen molar-refractivity contribution in [1.29, 1.82) is 0 Å². The van der Waals surface area contributed by atoms with Gasteiger partial charge in [0.05, 0.1) is 17.9 Å². The smallest absolute Gasteiger partial charge is 0.335 e. The third kappa shape index (κ3) is 2.26. The summed E-state index contributed by atoms with van der Waals surface area (Å²) in [7, 11) is 0. The molecule has 0 saturated heterocycles. The van der Waals surface area contributed by atoms with Crippen molar-refractivity contribution >= 4 is 17.6 Å². The molecule has 0 spiro atoms. The molecule has 0 aromatic heterocycles. The van der Waals surface area contributed by atoms with Gasteiger partial charge in [0, 0.05) is 6.54 Å². The van der Waals surface area contributed by atoms with Crippen molar-refractivity contribution in [2.75, 3.05) is 18.1 Å². The maximum absolute atomic E-state index is 12.2. The van der Waals surface area contributed by atoms with Gasteiger partial charge in [-0.05, 0) is 32.0 Å². The van der Waals surface area contributed by atoms with Crippen molar-refractivity contribution in [2.45, 2.75) is 19.4 Å². The van der Waals surface area contributed by atoms with E-state index in [1.54, 1.807) is 13.8 Å². The quantitative estimate of drug-likeness (QED) is 0.847. The van der Waals surface area contributed by atoms with Gasteiger partial charge in [-0.15, -0.1) is 0 Å². The number of hydrogen-bond acceptors (Lipinski definition) is 4. The second-order valence-electron chi connectivity index (χ2n) is 4.78. The van der Waals surface area contributed by atoms with E-state index in [2.05, 4.69) is 0 Å². The molecule has 6 nitrogen and oxygen atoms in total. The molecule has 2 rings (SSSR count). The number of amides is 1. The molecule has 0 saturated carbocycles. The summed E-state index contributed by atoms with van der Waals surface area (Å²) in [5.74, 6) is -0.955. The van der Waals surface area contributed by atoms with Gasteiger partial charge < -0.3 is 19.8 Å². The van der Waals surface area contributed by atoms with E-state index in [0.29, 0.717) is 11.4 Å². The average Bonchev–Trinajstić information content (AvgIpc) is 2.34. The Kier molecular flexibility index (Phi) is 3.20. The normalized spacial score (nSPS) is 16.8. The van der Waals surface area contributed by atoms with E-state index in [-0.39, 0.29) is 24.6 Å². The van der Waals surface area contributed by atoms with Crippen LogP contribution in [0.4, 0.5) is 5.69 Å². The van der Waals surface area contributed by atoms with Gasteiger partial charge in [-0.2, -0.15) is 0 Å². The lowest BCUT2D eigenvalue weighted by Gasteiger charge is -2.38. The van der Waals surface area contributed by atoms with Crippen LogP contribution < -0.4 is 9.64 Å². The van der Waals surface area contributed by atoms with Gasteiger partial charge in [-0.1, -0.05) is 0 Å². The van der Waals surface area contributed by atoms with Gasteiger partial charge in [-0.25, -0.2) is 4.79 Å². The van der Waals surface area contributed by atoms with Gasteiger partial charge in [-0.3, -0.25) is 4.79 Å². The Morgan fingerprint density at radius 2 is 2.11 bits per heavy atom. The molecule has 1 aliphatic rings. The SMILES string of the molecule is CC1(C)Oc2ccc(C(=O)O)cc2N(CCO)C1=O. The summed E-state index contributed by atoms with van der Waals surface area (Å²) >= 11 is 0. The first-order chi connectivity index (χ1) is 8.86. The van der Waals surface area contributed by atoms with Crippen molar-refractivity contribution in [1.82, 2.24) is 0 Å². The number of fused-ring (bicyclic) bond motifs is 1. The molecule has 1 heterocycles. The van der Waals surface area contributed by atoms with Crippen molar-refractivity contribution in [3.8, 4) is 5.75 Å². The summed E-state index contributed by atoms with van der Waals surface area (Å²) < 4.78 is 5.58. The van der Waals surface area contributed by atoms with Crippen molar-refractivity contribution in [3.05, 3.63) is 23.8 Å². The predicted molar refractivity (Wildman–Crippen MR) is 67.5 cm³/mol. The molecule has 6 heteroatoms. The number of hydrogen-bond donors (Lipinski definition) is 2. The Morgan fingerprint density at radius 1 is 1.42 bits per heavy atom. The summed E-state index contributed by atoms with van der Waals surface area (Å²) in [4.78, 5) is 24.5. The summed E-state index contributed by atoms with van der Waals surface area (Å²) in [6.45, 7) is 3.15. The number of β-amino-alcohol motifs (C(OH)–C–C–N with tert-alkyl or cyclic N) is 1. The van der Waals surface area contributed by atoms with Gasteiger partial charge in [0.1, 0.15) is 5.75 Å². The highest BCUT2D eigenvalue weighted by molar-refractivity contribution is 6.03.